The molecule has 2 bridgehead atoms. The van der Waals surface area contributed by atoms with Crippen LogP contribution in [0.2, 0.25) is 0 Å². The van der Waals surface area contributed by atoms with Gasteiger partial charge in [-0.25, -0.2) is 0 Å². The molecule has 1 aromatic carbocycles. The Morgan fingerprint density at radius 3 is 2.95 bits per heavy atom. The first-order valence-corrected chi connectivity index (χ1v) is 7.83. The van der Waals surface area contributed by atoms with Crippen molar-refractivity contribution in [2.45, 2.75) is 37.4 Å². The van der Waals surface area contributed by atoms with Crippen molar-refractivity contribution in [2.24, 2.45) is 0 Å². The number of halogens is 1. The Morgan fingerprint density at radius 2 is 2.20 bits per heavy atom. The third kappa shape index (κ3) is 2.01. The third-order valence-corrected chi connectivity index (χ3v) is 4.80. The molecule has 4 rings (SSSR count). The smallest absolute Gasteiger partial charge is 0.260 e. The molecule has 20 heavy (non-hydrogen) atoms. The fourth-order valence-electron chi connectivity index (χ4n) is 3.12. The first-order chi connectivity index (χ1) is 9.70. The second kappa shape index (κ2) is 4.70. The summed E-state index contributed by atoms with van der Waals surface area (Å²) in [6.07, 6.45) is 3.92. The monoisotopic (exact) mass is 383 g/mol. The molecule has 1 aromatic heterocycles. The lowest BCUT2D eigenvalue weighted by Gasteiger charge is -2.13. The van der Waals surface area contributed by atoms with Gasteiger partial charge in [-0.15, -0.1) is 0 Å². The summed E-state index contributed by atoms with van der Waals surface area (Å²) >= 11 is 2.24. The van der Waals surface area contributed by atoms with Crippen LogP contribution < -0.4 is 5.73 Å². The minimum atomic E-state index is 0.263. The second-order valence-electron chi connectivity index (χ2n) is 5.41. The quantitative estimate of drug-likeness (QED) is 0.638. The van der Waals surface area contributed by atoms with E-state index in [1.165, 1.54) is 0 Å². The lowest BCUT2D eigenvalue weighted by atomic mass is 9.89. The molecule has 2 saturated heterocycles. The number of nitrogens with two attached hydrogens (primary N) is 1. The van der Waals surface area contributed by atoms with Crippen LogP contribution in [0.3, 0.4) is 0 Å². The third-order valence-electron chi connectivity index (χ3n) is 4.13. The molecule has 104 valence electrons. The van der Waals surface area contributed by atoms with Crippen LogP contribution in [0.1, 0.15) is 31.0 Å². The Bertz CT molecular complexity index is 658. The molecule has 5 nitrogen and oxygen atoms in total. The van der Waals surface area contributed by atoms with Crippen molar-refractivity contribution in [2.75, 3.05) is 5.73 Å². The van der Waals surface area contributed by atoms with E-state index in [9.17, 15) is 0 Å². The maximum atomic E-state index is 5.99. The Balaban J connectivity index is 1.66. The Labute approximate surface area is 130 Å². The zero-order chi connectivity index (χ0) is 13.7. The van der Waals surface area contributed by atoms with E-state index in [-0.39, 0.29) is 12.0 Å². The maximum Gasteiger partial charge on any atom is 0.260 e. The van der Waals surface area contributed by atoms with Crippen molar-refractivity contribution < 1.29 is 9.26 Å². The first-order valence-electron chi connectivity index (χ1n) is 6.75. The average molecular weight is 383 g/mol. The molecule has 3 atom stereocenters. The molecular weight excluding hydrogens is 369 g/mol. The van der Waals surface area contributed by atoms with Crippen molar-refractivity contribution in [1.82, 2.24) is 10.1 Å². The minimum Gasteiger partial charge on any atom is -0.398 e. The van der Waals surface area contributed by atoms with Crippen LogP contribution in [-0.2, 0) is 4.74 Å². The van der Waals surface area contributed by atoms with E-state index in [1.54, 1.807) is 0 Å². The van der Waals surface area contributed by atoms with Crippen molar-refractivity contribution >= 4 is 28.3 Å². The van der Waals surface area contributed by atoms with Gasteiger partial charge in [0.2, 0.25) is 0 Å². The number of anilines is 1. The summed E-state index contributed by atoms with van der Waals surface area (Å²) in [4.78, 5) is 4.54. The normalized spacial score (nSPS) is 28.1. The van der Waals surface area contributed by atoms with Crippen LogP contribution >= 0.6 is 22.6 Å². The van der Waals surface area contributed by atoms with E-state index in [4.69, 9.17) is 15.0 Å². The Morgan fingerprint density at radius 1 is 1.30 bits per heavy atom. The van der Waals surface area contributed by atoms with E-state index in [2.05, 4.69) is 32.7 Å². The number of fused-ring (bicyclic) bond motifs is 2. The number of nitrogens with zero attached hydrogens (tertiary/aromatic N) is 2. The van der Waals surface area contributed by atoms with Gasteiger partial charge in [-0.1, -0.05) is 5.16 Å². The number of benzene rings is 1. The molecule has 2 aliphatic heterocycles. The molecular formula is C14H14IN3O2. The molecule has 0 aliphatic carbocycles. The van der Waals surface area contributed by atoms with E-state index < -0.39 is 0 Å². The topological polar surface area (TPSA) is 74.2 Å². The molecule has 0 radical (unpaired) electrons. The number of nitrogen functional groups attached to an aromatic ring is 1. The highest BCUT2D eigenvalue weighted by molar-refractivity contribution is 14.1. The van der Waals surface area contributed by atoms with Crippen LogP contribution in [0.4, 0.5) is 5.69 Å². The number of aromatic nitrogens is 2. The van der Waals surface area contributed by atoms with Crippen LogP contribution in [0.5, 0.6) is 0 Å². The highest BCUT2D eigenvalue weighted by atomic mass is 127. The van der Waals surface area contributed by atoms with Crippen LogP contribution in [0.15, 0.2) is 22.7 Å². The SMILES string of the molecule is Nc1ccc(I)cc1-c1nc(C2CC3CCC2O3)no1. The van der Waals surface area contributed by atoms with Crippen molar-refractivity contribution in [3.8, 4) is 11.5 Å². The van der Waals surface area contributed by atoms with Gasteiger partial charge in [0.15, 0.2) is 5.82 Å². The molecule has 2 aliphatic rings. The van der Waals surface area contributed by atoms with Gasteiger partial charge >= 0.3 is 0 Å². The Kier molecular flexibility index (Phi) is 2.95. The molecule has 0 spiro atoms. The summed E-state index contributed by atoms with van der Waals surface area (Å²) in [6, 6.07) is 5.78. The molecule has 0 saturated carbocycles. The number of rotatable bonds is 2. The van der Waals surface area contributed by atoms with Gasteiger partial charge in [0.05, 0.1) is 23.7 Å². The second-order valence-corrected chi connectivity index (χ2v) is 6.65. The molecule has 2 aromatic rings. The fraction of sp³-hybridized carbons (Fsp3) is 0.429. The van der Waals surface area contributed by atoms with Gasteiger partial charge in [0.25, 0.3) is 5.89 Å². The van der Waals surface area contributed by atoms with Crippen molar-refractivity contribution in [1.29, 1.82) is 0 Å². The van der Waals surface area contributed by atoms with Crippen LogP contribution in [-0.4, -0.2) is 22.3 Å². The Hall–Kier alpha value is -1.15. The van der Waals surface area contributed by atoms with Gasteiger partial charge in [0.1, 0.15) is 0 Å². The maximum absolute atomic E-state index is 5.99. The van der Waals surface area contributed by atoms with Gasteiger partial charge in [-0.05, 0) is 60.1 Å². The van der Waals surface area contributed by atoms with Gasteiger partial charge in [-0.3, -0.25) is 0 Å². The number of hydrogen-bond acceptors (Lipinski definition) is 5. The fourth-order valence-corrected chi connectivity index (χ4v) is 3.61. The lowest BCUT2D eigenvalue weighted by molar-refractivity contribution is 0.0996. The van der Waals surface area contributed by atoms with Gasteiger partial charge in [0, 0.05) is 9.26 Å². The highest BCUT2D eigenvalue weighted by Crippen LogP contribution is 2.43. The predicted octanol–water partition coefficient (Wildman–Crippen LogP) is 2.96. The summed E-state index contributed by atoms with van der Waals surface area (Å²) in [7, 11) is 0. The summed E-state index contributed by atoms with van der Waals surface area (Å²) in [5.74, 6) is 1.53. The molecule has 2 fully saturated rings. The van der Waals surface area contributed by atoms with Gasteiger partial charge < -0.3 is 15.0 Å². The average Bonchev–Trinajstić information content (AvgIpc) is 3.15. The number of hydrogen-bond donors (Lipinski definition) is 1. The first kappa shape index (κ1) is 12.6. The van der Waals surface area contributed by atoms with E-state index in [0.29, 0.717) is 17.7 Å². The standard InChI is InChI=1S/C14H14IN3O2/c15-7-1-3-11(16)9(5-7)14-17-13(18-20-14)10-6-8-2-4-12(10)19-8/h1,3,5,8,10,12H,2,4,6,16H2. The molecule has 0 amide bonds. The van der Waals surface area contributed by atoms with Gasteiger partial charge in [-0.2, -0.15) is 4.98 Å². The predicted molar refractivity (Wildman–Crippen MR) is 82.1 cm³/mol. The molecule has 3 unspecified atom stereocenters. The molecule has 2 N–H and O–H groups in total. The minimum absolute atomic E-state index is 0.263. The largest absolute Gasteiger partial charge is 0.398 e. The molecule has 3 heterocycles. The zero-order valence-corrected chi connectivity index (χ0v) is 12.9. The van der Waals surface area contributed by atoms with Crippen LogP contribution in [0, 0.1) is 3.57 Å². The lowest BCUT2D eigenvalue weighted by Crippen LogP contribution is -2.15. The highest BCUT2D eigenvalue weighted by Gasteiger charge is 2.43. The van der Waals surface area contributed by atoms with Crippen molar-refractivity contribution in [3.05, 3.63) is 27.6 Å². The summed E-state index contributed by atoms with van der Waals surface area (Å²) < 4.78 is 12.3. The summed E-state index contributed by atoms with van der Waals surface area (Å²) in [5.41, 5.74) is 7.45. The summed E-state index contributed by atoms with van der Waals surface area (Å²) in [6.45, 7) is 0. The molecule has 6 heteroatoms. The van der Waals surface area contributed by atoms with E-state index in [0.717, 1.165) is 34.2 Å². The van der Waals surface area contributed by atoms with Crippen LogP contribution in [0.25, 0.3) is 11.5 Å². The van der Waals surface area contributed by atoms with E-state index in [1.807, 2.05) is 18.2 Å². The summed E-state index contributed by atoms with van der Waals surface area (Å²) in [5, 5.41) is 4.14. The number of ether oxygens (including phenoxy) is 1. The zero-order valence-electron chi connectivity index (χ0n) is 10.8. The van der Waals surface area contributed by atoms with Crippen molar-refractivity contribution in [3.63, 3.8) is 0 Å². The van der Waals surface area contributed by atoms with E-state index >= 15 is 0 Å².